The van der Waals surface area contributed by atoms with Gasteiger partial charge in [0.15, 0.2) is 0 Å². The summed E-state index contributed by atoms with van der Waals surface area (Å²) < 4.78 is 14.2. The number of ether oxygens (including phenoxy) is 2. The lowest BCUT2D eigenvalue weighted by atomic mass is 10.1. The molecule has 224 valence electrons. The highest BCUT2D eigenvalue weighted by atomic mass is 35.5. The lowest BCUT2D eigenvalue weighted by Crippen LogP contribution is -2.50. The van der Waals surface area contributed by atoms with E-state index in [1.54, 1.807) is 0 Å². The lowest BCUT2D eigenvalue weighted by molar-refractivity contribution is -0.00316. The molecule has 4 aromatic rings. The first-order valence-electron chi connectivity index (χ1n) is 14.5. The summed E-state index contributed by atoms with van der Waals surface area (Å²) >= 11 is 3.62. The van der Waals surface area contributed by atoms with Crippen LogP contribution in [-0.2, 0) is 22.3 Å². The maximum Gasteiger partial charge on any atom is 0.0793 e. The number of likely N-dealkylation sites (tertiary alicyclic amines) is 2. The van der Waals surface area contributed by atoms with Crippen molar-refractivity contribution in [3.63, 3.8) is 0 Å². The Hall–Kier alpha value is -1.59. The Morgan fingerprint density at radius 2 is 1.05 bits per heavy atom. The molecule has 6 nitrogen and oxygen atoms in total. The van der Waals surface area contributed by atoms with Crippen LogP contribution in [0.2, 0.25) is 0 Å². The second kappa shape index (κ2) is 16.9. The van der Waals surface area contributed by atoms with E-state index in [-0.39, 0.29) is 24.6 Å². The van der Waals surface area contributed by atoms with Gasteiger partial charge in [0.25, 0.3) is 0 Å². The van der Waals surface area contributed by atoms with E-state index >= 15 is 0 Å². The normalized spacial score (nSPS) is 16.2. The summed E-state index contributed by atoms with van der Waals surface area (Å²) in [5.74, 6) is 0. The molecule has 2 aromatic heterocycles. The molecule has 2 aliphatic heterocycles. The van der Waals surface area contributed by atoms with Crippen LogP contribution in [0.25, 0.3) is 20.2 Å². The second-order valence-corrected chi connectivity index (χ2v) is 12.6. The average molecular weight is 619 g/mol. The van der Waals surface area contributed by atoms with Gasteiger partial charge in [0.1, 0.15) is 0 Å². The van der Waals surface area contributed by atoms with E-state index in [9.17, 15) is 10.2 Å². The number of rotatable bonds is 14. The molecule has 0 radical (unpaired) electrons. The van der Waals surface area contributed by atoms with Crippen molar-refractivity contribution in [3.8, 4) is 0 Å². The molecule has 6 rings (SSSR count). The van der Waals surface area contributed by atoms with Gasteiger partial charge in [-0.05, 0) is 70.5 Å². The van der Waals surface area contributed by atoms with E-state index in [1.807, 2.05) is 22.7 Å². The van der Waals surface area contributed by atoms with Gasteiger partial charge in [-0.15, -0.1) is 35.1 Å². The fourth-order valence-corrected chi connectivity index (χ4v) is 7.25. The number of hydrogen-bond donors (Lipinski definition) is 2. The van der Waals surface area contributed by atoms with E-state index in [1.165, 1.54) is 31.3 Å². The minimum atomic E-state index is -0.0946. The van der Waals surface area contributed by atoms with Crippen molar-refractivity contribution in [2.45, 2.75) is 37.9 Å². The largest absolute Gasteiger partial charge is 0.390 e. The summed E-state index contributed by atoms with van der Waals surface area (Å²) in [7, 11) is 0. The second-order valence-electron chi connectivity index (χ2n) is 10.8. The van der Waals surface area contributed by atoms with Crippen molar-refractivity contribution in [1.29, 1.82) is 0 Å². The van der Waals surface area contributed by atoms with Gasteiger partial charge < -0.3 is 19.7 Å². The molecule has 4 heterocycles. The number of nitrogens with zero attached hydrogens (tertiary/aromatic N) is 2. The molecule has 0 spiro atoms. The standard InChI is InChI=1S/2C16H21NO2S.ClH/c2*18-14-10-17(11-14)7-3-8-19-9-6-13-12-20-16-5-2-1-4-15(13)16;/h2*1-2,4-5,12,14,18H,3,6-11H2;1H. The molecular formula is C32H43ClN2O4S2. The predicted molar refractivity (Wildman–Crippen MR) is 174 cm³/mol. The number of aliphatic hydroxyl groups is 2. The minimum absolute atomic E-state index is 0. The monoisotopic (exact) mass is 618 g/mol. The van der Waals surface area contributed by atoms with Gasteiger partial charge in [0.05, 0.1) is 25.4 Å². The SMILES string of the molecule is Cl.OC1CN(CCCOCCc2csc3ccccc23)C1.OC1CN(CCCOCCc2csc3ccccc23)C1. The zero-order valence-electron chi connectivity index (χ0n) is 23.7. The molecule has 41 heavy (non-hydrogen) atoms. The van der Waals surface area contributed by atoms with Crippen LogP contribution in [0.4, 0.5) is 0 Å². The van der Waals surface area contributed by atoms with Crippen molar-refractivity contribution >= 4 is 55.3 Å². The highest BCUT2D eigenvalue weighted by Crippen LogP contribution is 2.27. The number of halogens is 1. The van der Waals surface area contributed by atoms with E-state index in [0.717, 1.165) is 91.4 Å². The van der Waals surface area contributed by atoms with Crippen molar-refractivity contribution < 1.29 is 19.7 Å². The zero-order valence-corrected chi connectivity index (χ0v) is 26.1. The molecule has 0 unspecified atom stereocenters. The maximum atomic E-state index is 9.18. The van der Waals surface area contributed by atoms with E-state index in [4.69, 9.17) is 9.47 Å². The third kappa shape index (κ3) is 9.71. The first-order chi connectivity index (χ1) is 19.7. The molecule has 2 N–H and O–H groups in total. The van der Waals surface area contributed by atoms with Crippen LogP contribution < -0.4 is 0 Å². The van der Waals surface area contributed by atoms with Crippen LogP contribution in [-0.4, -0.2) is 97.9 Å². The molecule has 2 aliphatic rings. The van der Waals surface area contributed by atoms with Crippen molar-refractivity contribution in [2.24, 2.45) is 0 Å². The number of thiophene rings is 2. The Kier molecular flexibility index (Phi) is 13.3. The van der Waals surface area contributed by atoms with Crippen LogP contribution in [0.5, 0.6) is 0 Å². The molecular weight excluding hydrogens is 576 g/mol. The Labute approximate surface area is 257 Å². The molecule has 9 heteroatoms. The molecule has 0 aliphatic carbocycles. The number of aliphatic hydroxyl groups excluding tert-OH is 2. The molecule has 2 aromatic carbocycles. The highest BCUT2D eigenvalue weighted by Gasteiger charge is 2.23. The first-order valence-corrected chi connectivity index (χ1v) is 16.3. The van der Waals surface area contributed by atoms with Crippen LogP contribution in [0.1, 0.15) is 24.0 Å². The van der Waals surface area contributed by atoms with Gasteiger partial charge in [-0.25, -0.2) is 0 Å². The lowest BCUT2D eigenvalue weighted by Gasteiger charge is -2.35. The highest BCUT2D eigenvalue weighted by molar-refractivity contribution is 7.17. The van der Waals surface area contributed by atoms with E-state index in [2.05, 4.69) is 69.1 Å². The molecule has 2 saturated heterocycles. The Morgan fingerprint density at radius 1 is 0.634 bits per heavy atom. The summed E-state index contributed by atoms with van der Waals surface area (Å²) in [6, 6.07) is 17.1. The fraction of sp³-hybridized carbons (Fsp3) is 0.500. The van der Waals surface area contributed by atoms with Crippen LogP contribution in [0.15, 0.2) is 59.3 Å². The van der Waals surface area contributed by atoms with Crippen molar-refractivity contribution in [1.82, 2.24) is 9.80 Å². The summed E-state index contributed by atoms with van der Waals surface area (Å²) in [6.07, 6.45) is 3.90. The summed E-state index contributed by atoms with van der Waals surface area (Å²) in [5, 5.41) is 25.6. The Morgan fingerprint density at radius 3 is 1.46 bits per heavy atom. The molecule has 0 bridgehead atoms. The number of β-amino-alcohol motifs (C(OH)–C–C–N with tert-alkyl or cyclic N) is 2. The third-order valence-corrected chi connectivity index (χ3v) is 9.58. The third-order valence-electron chi connectivity index (χ3n) is 7.56. The van der Waals surface area contributed by atoms with Gasteiger partial charge in [0, 0.05) is 61.9 Å². The van der Waals surface area contributed by atoms with Gasteiger partial charge in [-0.2, -0.15) is 0 Å². The van der Waals surface area contributed by atoms with Crippen LogP contribution in [0, 0.1) is 0 Å². The Bertz CT molecular complexity index is 1200. The first kappa shape index (κ1) is 32.3. The smallest absolute Gasteiger partial charge is 0.0793 e. The average Bonchev–Trinajstić information content (AvgIpc) is 3.55. The number of benzene rings is 2. The Balaban J connectivity index is 0.000000184. The molecule has 0 saturated carbocycles. The fourth-order valence-electron chi connectivity index (χ4n) is 5.25. The van der Waals surface area contributed by atoms with Crippen molar-refractivity contribution in [2.75, 3.05) is 65.7 Å². The van der Waals surface area contributed by atoms with Gasteiger partial charge in [0.2, 0.25) is 0 Å². The minimum Gasteiger partial charge on any atom is -0.390 e. The molecule has 0 amide bonds. The summed E-state index contributed by atoms with van der Waals surface area (Å²) in [4.78, 5) is 4.53. The number of fused-ring (bicyclic) bond motifs is 2. The predicted octanol–water partition coefficient (Wildman–Crippen LogP) is 5.48. The quantitative estimate of drug-likeness (QED) is 0.183. The van der Waals surface area contributed by atoms with Gasteiger partial charge >= 0.3 is 0 Å². The van der Waals surface area contributed by atoms with Gasteiger partial charge in [-0.1, -0.05) is 36.4 Å². The van der Waals surface area contributed by atoms with E-state index in [0.29, 0.717) is 0 Å². The summed E-state index contributed by atoms with van der Waals surface area (Å²) in [5.41, 5.74) is 2.80. The zero-order chi connectivity index (χ0) is 27.6. The number of hydrogen-bond acceptors (Lipinski definition) is 8. The van der Waals surface area contributed by atoms with Crippen LogP contribution in [0.3, 0.4) is 0 Å². The van der Waals surface area contributed by atoms with Gasteiger partial charge in [-0.3, -0.25) is 9.80 Å². The summed E-state index contributed by atoms with van der Waals surface area (Å²) in [6.45, 7) is 8.64. The molecule has 0 atom stereocenters. The van der Waals surface area contributed by atoms with Crippen LogP contribution >= 0.6 is 35.1 Å². The molecule has 2 fully saturated rings. The van der Waals surface area contributed by atoms with Crippen molar-refractivity contribution in [3.05, 3.63) is 70.4 Å². The van der Waals surface area contributed by atoms with E-state index < -0.39 is 0 Å². The maximum absolute atomic E-state index is 9.18. The topological polar surface area (TPSA) is 65.4 Å².